The third kappa shape index (κ3) is 2.84. The van der Waals surface area contributed by atoms with Gasteiger partial charge in [-0.05, 0) is 18.9 Å². The molecule has 0 spiro atoms. The van der Waals surface area contributed by atoms with Crippen molar-refractivity contribution in [1.82, 2.24) is 9.88 Å². The van der Waals surface area contributed by atoms with E-state index in [4.69, 9.17) is 5.84 Å². The molecule has 0 radical (unpaired) electrons. The van der Waals surface area contributed by atoms with Crippen LogP contribution in [0.2, 0.25) is 0 Å². The molecule has 1 heterocycles. The van der Waals surface area contributed by atoms with Crippen LogP contribution in [-0.4, -0.2) is 28.9 Å². The van der Waals surface area contributed by atoms with Crippen molar-refractivity contribution in [2.75, 3.05) is 12.5 Å². The van der Waals surface area contributed by atoms with Crippen LogP contribution in [0.5, 0.6) is 0 Å². The van der Waals surface area contributed by atoms with Gasteiger partial charge in [-0.25, -0.2) is 15.2 Å². The average Bonchev–Trinajstić information content (AvgIpc) is 2.47. The minimum absolute atomic E-state index is 0.0102. The fraction of sp³-hybridized carbons (Fsp3) is 0.538. The van der Waals surface area contributed by atoms with Gasteiger partial charge in [0.25, 0.3) is 5.91 Å². The number of nitrogens with two attached hydrogens (primary N) is 1. The van der Waals surface area contributed by atoms with E-state index in [1.807, 2.05) is 0 Å². The molecule has 5 nitrogen and oxygen atoms in total. The number of halogens is 1. The number of carbonyl (C=O) groups is 1. The Morgan fingerprint density at radius 1 is 1.47 bits per heavy atom. The maximum atomic E-state index is 14.0. The smallest absolute Gasteiger partial charge is 0.257 e. The van der Waals surface area contributed by atoms with Gasteiger partial charge in [0.1, 0.15) is 0 Å². The Bertz CT molecular complexity index is 460. The van der Waals surface area contributed by atoms with Crippen LogP contribution >= 0.6 is 0 Å². The number of rotatable bonds is 3. The minimum atomic E-state index is -0.697. The van der Waals surface area contributed by atoms with Crippen LogP contribution in [-0.2, 0) is 0 Å². The third-order valence-electron chi connectivity index (χ3n) is 3.70. The van der Waals surface area contributed by atoms with E-state index in [0.29, 0.717) is 0 Å². The van der Waals surface area contributed by atoms with Crippen LogP contribution in [0.1, 0.15) is 42.5 Å². The van der Waals surface area contributed by atoms with Crippen LogP contribution in [0, 0.1) is 5.82 Å². The highest BCUT2D eigenvalue weighted by Crippen LogP contribution is 2.24. The molecule has 0 bridgehead atoms. The Kier molecular flexibility index (Phi) is 4.31. The standard InChI is InChI=1S/C13H19FN4O/c1-18(9-5-3-2-4-6-9)13(19)10-7-8-16-12(17-15)11(10)14/h7-9H,2-6,15H2,1H3,(H,16,17). The molecule has 0 atom stereocenters. The fourth-order valence-corrected chi connectivity index (χ4v) is 2.53. The van der Waals surface area contributed by atoms with Gasteiger partial charge in [0.2, 0.25) is 0 Å². The molecule has 0 aliphatic heterocycles. The molecular weight excluding hydrogens is 247 g/mol. The summed E-state index contributed by atoms with van der Waals surface area (Å²) in [7, 11) is 1.73. The zero-order chi connectivity index (χ0) is 13.8. The summed E-state index contributed by atoms with van der Waals surface area (Å²) in [6.07, 6.45) is 6.80. The van der Waals surface area contributed by atoms with Gasteiger partial charge in [-0.1, -0.05) is 19.3 Å². The van der Waals surface area contributed by atoms with Gasteiger partial charge in [0.05, 0.1) is 5.56 Å². The van der Waals surface area contributed by atoms with Crippen molar-refractivity contribution in [2.45, 2.75) is 38.1 Å². The first-order valence-corrected chi connectivity index (χ1v) is 6.53. The molecular formula is C13H19FN4O. The molecule has 1 saturated carbocycles. The van der Waals surface area contributed by atoms with E-state index in [0.717, 1.165) is 25.7 Å². The topological polar surface area (TPSA) is 71.2 Å². The van der Waals surface area contributed by atoms with Crippen molar-refractivity contribution in [3.8, 4) is 0 Å². The summed E-state index contributed by atoms with van der Waals surface area (Å²) in [5.74, 6) is 4.04. The molecule has 1 aromatic rings. The van der Waals surface area contributed by atoms with Crippen molar-refractivity contribution in [1.29, 1.82) is 0 Å². The van der Waals surface area contributed by atoms with E-state index in [2.05, 4.69) is 10.4 Å². The zero-order valence-electron chi connectivity index (χ0n) is 11.0. The van der Waals surface area contributed by atoms with Crippen molar-refractivity contribution in [2.24, 2.45) is 5.84 Å². The number of nitrogens with one attached hydrogen (secondary N) is 1. The summed E-state index contributed by atoms with van der Waals surface area (Å²) >= 11 is 0. The molecule has 19 heavy (non-hydrogen) atoms. The van der Waals surface area contributed by atoms with E-state index in [1.54, 1.807) is 11.9 Å². The predicted octanol–water partition coefficient (Wildman–Crippen LogP) is 1.91. The average molecular weight is 266 g/mol. The second kappa shape index (κ2) is 5.97. The molecule has 0 unspecified atom stereocenters. The molecule has 2 rings (SSSR count). The Labute approximate surface area is 112 Å². The molecule has 0 saturated heterocycles. The number of hydrogen-bond acceptors (Lipinski definition) is 4. The highest BCUT2D eigenvalue weighted by molar-refractivity contribution is 5.95. The summed E-state index contributed by atoms with van der Waals surface area (Å²) in [6.45, 7) is 0. The van der Waals surface area contributed by atoms with Gasteiger partial charge >= 0.3 is 0 Å². The molecule has 6 heteroatoms. The summed E-state index contributed by atoms with van der Waals surface area (Å²) in [5.41, 5.74) is 2.16. The molecule has 1 aromatic heterocycles. The molecule has 1 aliphatic carbocycles. The molecule has 1 aliphatic rings. The molecule has 104 valence electrons. The molecule has 1 fully saturated rings. The number of pyridine rings is 1. The first kappa shape index (κ1) is 13.7. The van der Waals surface area contributed by atoms with Gasteiger partial charge in [0, 0.05) is 19.3 Å². The number of amides is 1. The van der Waals surface area contributed by atoms with Crippen molar-refractivity contribution >= 4 is 11.7 Å². The van der Waals surface area contributed by atoms with Gasteiger partial charge in [-0.2, -0.15) is 0 Å². The van der Waals surface area contributed by atoms with Gasteiger partial charge in [0.15, 0.2) is 11.6 Å². The van der Waals surface area contributed by atoms with E-state index in [1.165, 1.54) is 18.7 Å². The Hall–Kier alpha value is -1.69. The third-order valence-corrected chi connectivity index (χ3v) is 3.70. The van der Waals surface area contributed by atoms with E-state index in [9.17, 15) is 9.18 Å². The maximum absolute atomic E-state index is 14.0. The monoisotopic (exact) mass is 266 g/mol. The first-order chi connectivity index (χ1) is 9.15. The van der Waals surface area contributed by atoms with Crippen LogP contribution < -0.4 is 11.3 Å². The van der Waals surface area contributed by atoms with Crippen molar-refractivity contribution in [3.05, 3.63) is 23.6 Å². The minimum Gasteiger partial charge on any atom is -0.339 e. The van der Waals surface area contributed by atoms with Gasteiger partial charge < -0.3 is 10.3 Å². The summed E-state index contributed by atoms with van der Waals surface area (Å²) in [5, 5.41) is 0. The molecule has 3 N–H and O–H groups in total. The van der Waals surface area contributed by atoms with E-state index in [-0.39, 0.29) is 23.3 Å². The van der Waals surface area contributed by atoms with Gasteiger partial charge in [-0.15, -0.1) is 0 Å². The summed E-state index contributed by atoms with van der Waals surface area (Å²) in [6, 6.07) is 1.58. The second-order valence-corrected chi connectivity index (χ2v) is 4.87. The normalized spacial score (nSPS) is 16.2. The lowest BCUT2D eigenvalue weighted by Crippen LogP contribution is -2.38. The lowest BCUT2D eigenvalue weighted by Gasteiger charge is -2.31. The maximum Gasteiger partial charge on any atom is 0.257 e. The Balaban J connectivity index is 2.18. The lowest BCUT2D eigenvalue weighted by molar-refractivity contribution is 0.0691. The number of aromatic nitrogens is 1. The summed E-state index contributed by atoms with van der Waals surface area (Å²) < 4.78 is 14.0. The lowest BCUT2D eigenvalue weighted by atomic mass is 9.94. The Morgan fingerprint density at radius 3 is 2.79 bits per heavy atom. The van der Waals surface area contributed by atoms with Crippen molar-refractivity contribution in [3.63, 3.8) is 0 Å². The Morgan fingerprint density at radius 2 is 2.16 bits per heavy atom. The number of anilines is 1. The highest BCUT2D eigenvalue weighted by atomic mass is 19.1. The number of hydrazine groups is 1. The number of nitrogen functional groups attached to an aromatic ring is 1. The largest absolute Gasteiger partial charge is 0.339 e. The molecule has 1 amide bonds. The first-order valence-electron chi connectivity index (χ1n) is 6.53. The summed E-state index contributed by atoms with van der Waals surface area (Å²) in [4.78, 5) is 17.7. The van der Waals surface area contributed by atoms with Crippen LogP contribution in [0.3, 0.4) is 0 Å². The number of hydrogen-bond donors (Lipinski definition) is 2. The second-order valence-electron chi connectivity index (χ2n) is 4.87. The van der Waals surface area contributed by atoms with E-state index < -0.39 is 5.82 Å². The zero-order valence-corrected chi connectivity index (χ0v) is 11.0. The van der Waals surface area contributed by atoms with Crippen LogP contribution in [0.25, 0.3) is 0 Å². The SMILES string of the molecule is CN(C(=O)c1ccnc(NN)c1F)C1CCCCC1. The predicted molar refractivity (Wildman–Crippen MR) is 71.0 cm³/mol. The van der Waals surface area contributed by atoms with E-state index >= 15 is 0 Å². The number of nitrogens with zero attached hydrogens (tertiary/aromatic N) is 2. The van der Waals surface area contributed by atoms with Crippen LogP contribution in [0.15, 0.2) is 12.3 Å². The number of carbonyl (C=O) groups excluding carboxylic acids is 1. The fourth-order valence-electron chi connectivity index (χ4n) is 2.53. The molecule has 0 aromatic carbocycles. The van der Waals surface area contributed by atoms with Crippen LogP contribution in [0.4, 0.5) is 10.2 Å². The van der Waals surface area contributed by atoms with Crippen molar-refractivity contribution < 1.29 is 9.18 Å². The highest BCUT2D eigenvalue weighted by Gasteiger charge is 2.25. The van der Waals surface area contributed by atoms with Gasteiger partial charge in [-0.3, -0.25) is 4.79 Å². The quantitative estimate of drug-likeness (QED) is 0.647.